The molecule has 0 aromatic heterocycles. The number of hydrogen-bond donors (Lipinski definition) is 2. The van der Waals surface area contributed by atoms with Crippen molar-refractivity contribution in [2.45, 2.75) is 19.3 Å². The summed E-state index contributed by atoms with van der Waals surface area (Å²) in [6.45, 7) is 1.69. The van der Waals surface area contributed by atoms with Crippen molar-refractivity contribution >= 4 is 17.3 Å². The summed E-state index contributed by atoms with van der Waals surface area (Å²) in [5.41, 5.74) is 13.2. The number of carbonyl (C=O) groups is 1. The molecule has 0 radical (unpaired) electrons. The maximum Gasteiger partial charge on any atom is 0.217 e. The third kappa shape index (κ3) is 2.97. The fraction of sp³-hybridized carbons (Fsp3) is 0.429. The smallest absolute Gasteiger partial charge is 0.217 e. The van der Waals surface area contributed by atoms with Crippen molar-refractivity contribution in [3.63, 3.8) is 0 Å². The Balaban J connectivity index is 2.06. The summed E-state index contributed by atoms with van der Waals surface area (Å²) in [5.74, 6) is 0.138. The van der Waals surface area contributed by atoms with E-state index in [4.69, 9.17) is 16.7 Å². The highest BCUT2D eigenvalue weighted by Gasteiger charge is 2.22. The number of anilines is 2. The largest absolute Gasteiger partial charge is 0.396 e. The molecular formula is C14H18N4O. The number of nitrogens with two attached hydrogens (primary N) is 2. The Hall–Kier alpha value is -2.22. The first-order chi connectivity index (χ1) is 9.11. The lowest BCUT2D eigenvalue weighted by atomic mass is 9.93. The predicted octanol–water partition coefficient (Wildman–Crippen LogP) is 1.23. The van der Waals surface area contributed by atoms with Crippen molar-refractivity contribution in [2.75, 3.05) is 23.7 Å². The zero-order valence-corrected chi connectivity index (χ0v) is 10.8. The fourth-order valence-corrected chi connectivity index (χ4v) is 2.59. The van der Waals surface area contributed by atoms with E-state index < -0.39 is 0 Å². The molecule has 0 atom stereocenters. The lowest BCUT2D eigenvalue weighted by Crippen LogP contribution is -2.35. The van der Waals surface area contributed by atoms with E-state index in [-0.39, 0.29) is 5.91 Å². The van der Waals surface area contributed by atoms with Gasteiger partial charge in [-0.05, 0) is 30.9 Å². The van der Waals surface area contributed by atoms with Crippen LogP contribution in [-0.4, -0.2) is 19.0 Å². The van der Waals surface area contributed by atoms with Crippen LogP contribution in [-0.2, 0) is 4.79 Å². The molecule has 1 heterocycles. The third-order valence-corrected chi connectivity index (χ3v) is 3.65. The van der Waals surface area contributed by atoms with Crippen LogP contribution < -0.4 is 16.4 Å². The summed E-state index contributed by atoms with van der Waals surface area (Å²) in [6.07, 6.45) is 2.32. The molecule has 1 aromatic rings. The van der Waals surface area contributed by atoms with E-state index in [9.17, 15) is 4.79 Å². The SMILES string of the molecule is N#Cc1cccc(N2CCC(CC(N)=O)CC2)c1N. The van der Waals surface area contributed by atoms with Gasteiger partial charge in [-0.1, -0.05) is 6.07 Å². The van der Waals surface area contributed by atoms with Gasteiger partial charge in [0.15, 0.2) is 0 Å². The lowest BCUT2D eigenvalue weighted by Gasteiger charge is -2.34. The van der Waals surface area contributed by atoms with E-state index >= 15 is 0 Å². The van der Waals surface area contributed by atoms with Gasteiger partial charge in [0.05, 0.1) is 16.9 Å². The van der Waals surface area contributed by atoms with Gasteiger partial charge >= 0.3 is 0 Å². The van der Waals surface area contributed by atoms with Crippen LogP contribution >= 0.6 is 0 Å². The van der Waals surface area contributed by atoms with Gasteiger partial charge in [-0.15, -0.1) is 0 Å². The average Bonchev–Trinajstić information content (AvgIpc) is 2.39. The number of carbonyl (C=O) groups excluding carboxylic acids is 1. The van der Waals surface area contributed by atoms with Crippen molar-refractivity contribution in [2.24, 2.45) is 11.7 Å². The lowest BCUT2D eigenvalue weighted by molar-refractivity contribution is -0.119. The van der Waals surface area contributed by atoms with Crippen LogP contribution in [0.4, 0.5) is 11.4 Å². The fourth-order valence-electron chi connectivity index (χ4n) is 2.59. The first-order valence-corrected chi connectivity index (χ1v) is 6.43. The van der Waals surface area contributed by atoms with Crippen LogP contribution in [0.2, 0.25) is 0 Å². The van der Waals surface area contributed by atoms with Gasteiger partial charge < -0.3 is 16.4 Å². The molecule has 1 aliphatic rings. The molecule has 19 heavy (non-hydrogen) atoms. The van der Waals surface area contributed by atoms with Crippen LogP contribution in [0.15, 0.2) is 18.2 Å². The number of nitriles is 1. The summed E-state index contributed by atoms with van der Waals surface area (Å²) in [4.78, 5) is 13.1. The van der Waals surface area contributed by atoms with E-state index in [1.807, 2.05) is 12.1 Å². The molecule has 0 unspecified atom stereocenters. The molecule has 0 bridgehead atoms. The maximum absolute atomic E-state index is 10.9. The monoisotopic (exact) mass is 258 g/mol. The van der Waals surface area contributed by atoms with Crippen LogP contribution in [0.5, 0.6) is 0 Å². The quantitative estimate of drug-likeness (QED) is 0.797. The molecule has 1 fully saturated rings. The maximum atomic E-state index is 10.9. The van der Waals surface area contributed by atoms with Crippen LogP contribution in [0, 0.1) is 17.2 Å². The molecule has 100 valence electrons. The Morgan fingerprint density at radius 3 is 2.68 bits per heavy atom. The van der Waals surface area contributed by atoms with E-state index in [1.165, 1.54) is 0 Å². The minimum Gasteiger partial charge on any atom is -0.396 e. The Labute approximate surface area is 112 Å². The molecule has 5 heteroatoms. The number of hydrogen-bond acceptors (Lipinski definition) is 4. The summed E-state index contributed by atoms with van der Waals surface area (Å²) in [5, 5.41) is 8.98. The molecular weight excluding hydrogens is 240 g/mol. The molecule has 2 rings (SSSR count). The summed E-state index contributed by atoms with van der Waals surface area (Å²) < 4.78 is 0. The number of para-hydroxylation sites is 1. The second kappa shape index (κ2) is 5.61. The van der Waals surface area contributed by atoms with Crippen molar-refractivity contribution < 1.29 is 4.79 Å². The van der Waals surface area contributed by atoms with Crippen molar-refractivity contribution in [1.82, 2.24) is 0 Å². The van der Waals surface area contributed by atoms with E-state index in [0.717, 1.165) is 31.6 Å². The summed E-state index contributed by atoms with van der Waals surface area (Å²) >= 11 is 0. The van der Waals surface area contributed by atoms with Gasteiger partial charge in [0, 0.05) is 19.5 Å². The molecule has 5 nitrogen and oxygen atoms in total. The van der Waals surface area contributed by atoms with Crippen molar-refractivity contribution in [3.05, 3.63) is 23.8 Å². The minimum atomic E-state index is -0.232. The zero-order chi connectivity index (χ0) is 13.8. The molecule has 4 N–H and O–H groups in total. The van der Waals surface area contributed by atoms with E-state index in [2.05, 4.69) is 11.0 Å². The first kappa shape index (κ1) is 13.2. The molecule has 1 aromatic carbocycles. The molecule has 0 saturated carbocycles. The normalized spacial score (nSPS) is 16.1. The van der Waals surface area contributed by atoms with Crippen molar-refractivity contribution in [3.8, 4) is 6.07 Å². The van der Waals surface area contributed by atoms with Gasteiger partial charge in [0.1, 0.15) is 6.07 Å². The number of benzene rings is 1. The van der Waals surface area contributed by atoms with Gasteiger partial charge in [-0.25, -0.2) is 0 Å². The number of primary amides is 1. The Morgan fingerprint density at radius 2 is 2.11 bits per heavy atom. The number of piperidine rings is 1. The van der Waals surface area contributed by atoms with Crippen molar-refractivity contribution in [1.29, 1.82) is 5.26 Å². The molecule has 1 saturated heterocycles. The predicted molar refractivity (Wildman–Crippen MR) is 74.3 cm³/mol. The standard InChI is InChI=1S/C14H18N4O/c15-9-11-2-1-3-12(14(11)17)18-6-4-10(5-7-18)8-13(16)19/h1-3,10H,4-8,17H2,(H2,16,19). The first-order valence-electron chi connectivity index (χ1n) is 6.43. The van der Waals surface area contributed by atoms with E-state index in [1.54, 1.807) is 6.07 Å². The Morgan fingerprint density at radius 1 is 1.42 bits per heavy atom. The van der Waals surface area contributed by atoms with Gasteiger partial charge in [0.25, 0.3) is 0 Å². The third-order valence-electron chi connectivity index (χ3n) is 3.65. The zero-order valence-electron chi connectivity index (χ0n) is 10.8. The topological polar surface area (TPSA) is 96.1 Å². The average molecular weight is 258 g/mol. The van der Waals surface area contributed by atoms with Crippen LogP contribution in [0.1, 0.15) is 24.8 Å². The van der Waals surface area contributed by atoms with Gasteiger partial charge in [-0.3, -0.25) is 4.79 Å². The second-order valence-corrected chi connectivity index (χ2v) is 4.95. The number of nitrogens with zero attached hydrogens (tertiary/aromatic N) is 2. The molecule has 0 aliphatic carbocycles. The summed E-state index contributed by atoms with van der Waals surface area (Å²) in [6, 6.07) is 7.60. The van der Waals surface area contributed by atoms with Gasteiger partial charge in [0.2, 0.25) is 5.91 Å². The van der Waals surface area contributed by atoms with Gasteiger partial charge in [-0.2, -0.15) is 5.26 Å². The van der Waals surface area contributed by atoms with Crippen LogP contribution in [0.25, 0.3) is 0 Å². The number of amides is 1. The number of nitrogen functional groups attached to an aromatic ring is 1. The highest BCUT2D eigenvalue weighted by Crippen LogP contribution is 2.30. The van der Waals surface area contributed by atoms with E-state index in [0.29, 0.717) is 23.6 Å². The van der Waals surface area contributed by atoms with Crippen LogP contribution in [0.3, 0.4) is 0 Å². The molecule has 1 amide bonds. The Bertz CT molecular complexity index is 513. The summed E-state index contributed by atoms with van der Waals surface area (Å²) in [7, 11) is 0. The highest BCUT2D eigenvalue weighted by atomic mass is 16.1. The minimum absolute atomic E-state index is 0.232. The molecule has 1 aliphatic heterocycles. The Kier molecular flexibility index (Phi) is 3.91. The molecule has 0 spiro atoms. The number of rotatable bonds is 3. The second-order valence-electron chi connectivity index (χ2n) is 4.95. The highest BCUT2D eigenvalue weighted by molar-refractivity contribution is 5.75.